The van der Waals surface area contributed by atoms with E-state index in [-0.39, 0.29) is 35.5 Å². The highest BCUT2D eigenvalue weighted by Gasteiger charge is 2.31. The molecule has 0 fully saturated rings. The van der Waals surface area contributed by atoms with Gasteiger partial charge in [0, 0.05) is 12.6 Å². The lowest BCUT2D eigenvalue weighted by Crippen LogP contribution is -2.38. The second-order valence-electron chi connectivity index (χ2n) is 4.79. The van der Waals surface area contributed by atoms with Crippen LogP contribution in [0.5, 0.6) is 0 Å². The maximum Gasteiger partial charge on any atom is 0.416 e. The van der Waals surface area contributed by atoms with E-state index in [0.717, 1.165) is 18.2 Å². The lowest BCUT2D eigenvalue weighted by atomic mass is 10.1. The van der Waals surface area contributed by atoms with E-state index in [1.165, 1.54) is 6.92 Å². The molecule has 9 heteroatoms. The minimum Gasteiger partial charge on any atom is -0.313 e. The van der Waals surface area contributed by atoms with Crippen LogP contribution in [0.15, 0.2) is 23.1 Å². The Labute approximate surface area is 134 Å². The highest BCUT2D eigenvalue weighted by molar-refractivity contribution is 7.89. The maximum absolute atomic E-state index is 12.6. The Morgan fingerprint density at radius 3 is 2.32 bits per heavy atom. The van der Waals surface area contributed by atoms with Crippen LogP contribution >= 0.6 is 12.4 Å². The van der Waals surface area contributed by atoms with E-state index in [2.05, 4.69) is 10.0 Å². The van der Waals surface area contributed by atoms with E-state index in [9.17, 15) is 21.6 Å². The zero-order chi connectivity index (χ0) is 16.3. The summed E-state index contributed by atoms with van der Waals surface area (Å²) in [6.45, 7) is 5.91. The fourth-order valence-electron chi connectivity index (χ4n) is 1.86. The van der Waals surface area contributed by atoms with Crippen molar-refractivity contribution in [1.82, 2.24) is 10.0 Å². The minimum atomic E-state index is -4.49. The monoisotopic (exact) mass is 360 g/mol. The summed E-state index contributed by atoms with van der Waals surface area (Å²) in [5, 5.41) is 3.04. The summed E-state index contributed by atoms with van der Waals surface area (Å²) < 4.78 is 64.3. The fourth-order valence-corrected chi connectivity index (χ4v) is 3.22. The molecule has 0 aliphatic heterocycles. The van der Waals surface area contributed by atoms with E-state index in [4.69, 9.17) is 0 Å². The molecule has 0 saturated carbocycles. The van der Waals surface area contributed by atoms with Crippen molar-refractivity contribution in [2.75, 3.05) is 13.1 Å². The van der Waals surface area contributed by atoms with Crippen LogP contribution in [0.1, 0.15) is 25.0 Å². The third-order valence-electron chi connectivity index (χ3n) is 2.92. The highest BCUT2D eigenvalue weighted by Crippen LogP contribution is 2.31. The standard InChI is InChI=1S/C13H19F3N2O2S.ClH/c1-4-17-10(3)8-18-21(19,20)12-6-5-11(7-9(12)2)13(14,15)16;/h5-7,10,17-18H,4,8H2,1-3H3;1H/t10-;/m1./s1. The fraction of sp³-hybridized carbons (Fsp3) is 0.538. The van der Waals surface area contributed by atoms with Gasteiger partial charge in [-0.2, -0.15) is 13.2 Å². The van der Waals surface area contributed by atoms with E-state index >= 15 is 0 Å². The predicted octanol–water partition coefficient (Wildman–Crippen LogP) is 2.71. The van der Waals surface area contributed by atoms with Gasteiger partial charge >= 0.3 is 6.18 Å². The van der Waals surface area contributed by atoms with Crippen molar-refractivity contribution in [2.45, 2.75) is 37.9 Å². The summed E-state index contributed by atoms with van der Waals surface area (Å²) in [6, 6.07) is 2.52. The van der Waals surface area contributed by atoms with Gasteiger partial charge in [-0.15, -0.1) is 12.4 Å². The van der Waals surface area contributed by atoms with Gasteiger partial charge < -0.3 is 5.32 Å². The summed E-state index contributed by atoms with van der Waals surface area (Å²) in [5.41, 5.74) is -0.798. The third-order valence-corrected chi connectivity index (χ3v) is 4.51. The molecule has 0 amide bonds. The van der Waals surface area contributed by atoms with Gasteiger partial charge in [-0.05, 0) is 44.2 Å². The number of sulfonamides is 1. The zero-order valence-corrected chi connectivity index (χ0v) is 14.1. The van der Waals surface area contributed by atoms with Crippen molar-refractivity contribution in [3.63, 3.8) is 0 Å². The minimum absolute atomic E-state index is 0. The molecule has 22 heavy (non-hydrogen) atoms. The lowest BCUT2D eigenvalue weighted by molar-refractivity contribution is -0.137. The summed E-state index contributed by atoms with van der Waals surface area (Å²) in [7, 11) is -3.82. The molecule has 0 aliphatic carbocycles. The van der Waals surface area contributed by atoms with Crippen LogP contribution in [0.4, 0.5) is 13.2 Å². The largest absolute Gasteiger partial charge is 0.416 e. The van der Waals surface area contributed by atoms with E-state index in [1.807, 2.05) is 13.8 Å². The number of likely N-dealkylation sites (N-methyl/N-ethyl adjacent to an activating group) is 1. The van der Waals surface area contributed by atoms with Gasteiger partial charge in [-0.1, -0.05) is 6.92 Å². The number of hydrogen-bond acceptors (Lipinski definition) is 3. The Bertz CT molecular complexity index is 591. The number of benzene rings is 1. The molecule has 0 aliphatic rings. The second-order valence-corrected chi connectivity index (χ2v) is 6.52. The van der Waals surface area contributed by atoms with Gasteiger partial charge in [0.05, 0.1) is 10.5 Å². The van der Waals surface area contributed by atoms with Crippen LogP contribution in [0.3, 0.4) is 0 Å². The van der Waals surface area contributed by atoms with Gasteiger partial charge in [0.25, 0.3) is 0 Å². The van der Waals surface area contributed by atoms with Crippen molar-refractivity contribution in [3.05, 3.63) is 29.3 Å². The first-order chi connectivity index (χ1) is 9.58. The normalized spacial score (nSPS) is 13.5. The molecule has 2 N–H and O–H groups in total. The van der Waals surface area contributed by atoms with Crippen LogP contribution < -0.4 is 10.0 Å². The Kier molecular flexibility index (Phi) is 7.84. The molecule has 128 valence electrons. The molecule has 0 bridgehead atoms. The summed E-state index contributed by atoms with van der Waals surface area (Å²) in [5.74, 6) is 0. The van der Waals surface area contributed by atoms with Gasteiger partial charge in [-0.3, -0.25) is 0 Å². The van der Waals surface area contributed by atoms with Crippen LogP contribution in [0.2, 0.25) is 0 Å². The van der Waals surface area contributed by atoms with Gasteiger partial charge in [0.1, 0.15) is 0 Å². The Morgan fingerprint density at radius 1 is 1.27 bits per heavy atom. The topological polar surface area (TPSA) is 58.2 Å². The van der Waals surface area contributed by atoms with E-state index < -0.39 is 21.8 Å². The average Bonchev–Trinajstić information content (AvgIpc) is 2.35. The van der Waals surface area contributed by atoms with Crippen LogP contribution in [0.25, 0.3) is 0 Å². The molecule has 0 heterocycles. The number of halogens is 4. The van der Waals surface area contributed by atoms with Crippen molar-refractivity contribution < 1.29 is 21.6 Å². The number of alkyl halides is 3. The molecular weight excluding hydrogens is 341 g/mol. The first-order valence-corrected chi connectivity index (χ1v) is 7.97. The number of rotatable bonds is 6. The highest BCUT2D eigenvalue weighted by atomic mass is 35.5. The van der Waals surface area contributed by atoms with Crippen molar-refractivity contribution >= 4 is 22.4 Å². The molecule has 0 unspecified atom stereocenters. The summed E-state index contributed by atoms with van der Waals surface area (Å²) >= 11 is 0. The van der Waals surface area contributed by atoms with E-state index in [0.29, 0.717) is 6.54 Å². The Balaban J connectivity index is 0.00000441. The molecule has 1 atom stereocenters. The van der Waals surface area contributed by atoms with Gasteiger partial charge in [-0.25, -0.2) is 13.1 Å². The molecule has 0 aromatic heterocycles. The predicted molar refractivity (Wildman–Crippen MR) is 81.8 cm³/mol. The SMILES string of the molecule is CCN[C@H](C)CNS(=O)(=O)c1ccc(C(F)(F)F)cc1C.Cl. The van der Waals surface area contributed by atoms with E-state index in [1.54, 1.807) is 0 Å². The van der Waals surface area contributed by atoms with Gasteiger partial charge in [0.15, 0.2) is 0 Å². The zero-order valence-electron chi connectivity index (χ0n) is 12.5. The van der Waals surface area contributed by atoms with Crippen LogP contribution in [-0.4, -0.2) is 27.5 Å². The maximum atomic E-state index is 12.6. The Hall–Kier alpha value is -0.830. The second kappa shape index (κ2) is 8.14. The Morgan fingerprint density at radius 2 is 1.86 bits per heavy atom. The molecule has 0 saturated heterocycles. The summed E-state index contributed by atoms with van der Waals surface area (Å²) in [4.78, 5) is -0.140. The van der Waals surface area contributed by atoms with Crippen LogP contribution in [0, 0.1) is 6.92 Å². The van der Waals surface area contributed by atoms with Crippen molar-refractivity contribution in [3.8, 4) is 0 Å². The van der Waals surface area contributed by atoms with Gasteiger partial charge in [0.2, 0.25) is 10.0 Å². The first kappa shape index (κ1) is 21.2. The number of nitrogens with one attached hydrogen (secondary N) is 2. The quantitative estimate of drug-likeness (QED) is 0.820. The molecule has 1 aromatic carbocycles. The molecule has 1 aromatic rings. The molecule has 4 nitrogen and oxygen atoms in total. The average molecular weight is 361 g/mol. The number of hydrogen-bond donors (Lipinski definition) is 2. The van der Waals surface area contributed by atoms with Crippen molar-refractivity contribution in [1.29, 1.82) is 0 Å². The molecule has 1 rings (SSSR count). The van der Waals surface area contributed by atoms with Crippen LogP contribution in [-0.2, 0) is 16.2 Å². The lowest BCUT2D eigenvalue weighted by Gasteiger charge is -2.15. The number of aryl methyl sites for hydroxylation is 1. The molecule has 0 radical (unpaired) electrons. The summed E-state index contributed by atoms with van der Waals surface area (Å²) in [6.07, 6.45) is -4.49. The molecular formula is C13H20ClF3N2O2S. The van der Waals surface area contributed by atoms with Crippen molar-refractivity contribution in [2.24, 2.45) is 0 Å². The third kappa shape index (κ3) is 5.75. The smallest absolute Gasteiger partial charge is 0.313 e. The first-order valence-electron chi connectivity index (χ1n) is 6.49. The molecule has 0 spiro atoms.